The Morgan fingerprint density at radius 1 is 1.44 bits per heavy atom. The summed E-state index contributed by atoms with van der Waals surface area (Å²) in [7, 11) is 0. The lowest BCUT2D eigenvalue weighted by Gasteiger charge is -2.27. The molecular formula is C15H21BrO2. The van der Waals surface area contributed by atoms with Gasteiger partial charge in [0.05, 0.1) is 11.1 Å². The molecule has 1 atom stereocenters. The summed E-state index contributed by atoms with van der Waals surface area (Å²) in [4.78, 5) is 0. The molecule has 1 aromatic rings. The van der Waals surface area contributed by atoms with Crippen molar-refractivity contribution in [2.24, 2.45) is 5.92 Å². The molecule has 0 bridgehead atoms. The molecule has 0 saturated heterocycles. The van der Waals surface area contributed by atoms with Gasteiger partial charge in [-0.3, -0.25) is 0 Å². The first-order valence-electron chi connectivity index (χ1n) is 6.65. The predicted octanol–water partition coefficient (Wildman–Crippen LogP) is 4.03. The minimum absolute atomic E-state index is 0.109. The van der Waals surface area contributed by atoms with Crippen LogP contribution in [0.5, 0.6) is 5.75 Å². The van der Waals surface area contributed by atoms with E-state index in [0.29, 0.717) is 0 Å². The lowest BCUT2D eigenvalue weighted by atomic mass is 9.86. The van der Waals surface area contributed by atoms with E-state index < -0.39 is 0 Å². The first-order valence-corrected chi connectivity index (χ1v) is 7.44. The zero-order valence-electron chi connectivity index (χ0n) is 11.1. The summed E-state index contributed by atoms with van der Waals surface area (Å²) in [6.07, 6.45) is 3.91. The molecule has 0 amide bonds. The van der Waals surface area contributed by atoms with Crippen molar-refractivity contribution in [1.29, 1.82) is 0 Å². The first kappa shape index (κ1) is 13.9. The fourth-order valence-corrected chi connectivity index (χ4v) is 2.94. The van der Waals surface area contributed by atoms with Crippen molar-refractivity contribution < 1.29 is 9.84 Å². The van der Waals surface area contributed by atoms with Crippen LogP contribution in [0.15, 0.2) is 16.6 Å². The van der Waals surface area contributed by atoms with E-state index in [-0.39, 0.29) is 12.5 Å². The monoisotopic (exact) mass is 312 g/mol. The maximum absolute atomic E-state index is 9.36. The SMILES string of the molecule is Cc1cc(Br)c(OCC2CCC2)c(C(C)CO)c1. The molecule has 0 aromatic heterocycles. The van der Waals surface area contributed by atoms with E-state index in [0.717, 1.165) is 28.3 Å². The van der Waals surface area contributed by atoms with Gasteiger partial charge in [0, 0.05) is 18.1 Å². The standard InChI is InChI=1S/C15H21BrO2/c1-10-6-13(11(2)8-17)15(14(16)7-10)18-9-12-4-3-5-12/h6-7,11-12,17H,3-5,8-9H2,1-2H3. The summed E-state index contributed by atoms with van der Waals surface area (Å²) in [6.45, 7) is 5.04. The second kappa shape index (κ2) is 6.07. The Labute approximate surface area is 117 Å². The van der Waals surface area contributed by atoms with Gasteiger partial charge in [0.1, 0.15) is 5.75 Å². The van der Waals surface area contributed by atoms with Crippen molar-refractivity contribution in [3.05, 3.63) is 27.7 Å². The molecule has 3 heteroatoms. The van der Waals surface area contributed by atoms with Gasteiger partial charge in [-0.15, -0.1) is 0 Å². The summed E-state index contributed by atoms with van der Waals surface area (Å²) in [5, 5.41) is 9.36. The lowest BCUT2D eigenvalue weighted by Crippen LogP contribution is -2.20. The molecule has 1 saturated carbocycles. The van der Waals surface area contributed by atoms with Crippen LogP contribution in [-0.2, 0) is 0 Å². The molecule has 0 heterocycles. The predicted molar refractivity (Wildman–Crippen MR) is 77.2 cm³/mol. The fourth-order valence-electron chi connectivity index (χ4n) is 2.23. The highest BCUT2D eigenvalue weighted by atomic mass is 79.9. The number of ether oxygens (including phenoxy) is 1. The number of benzene rings is 1. The van der Waals surface area contributed by atoms with E-state index in [9.17, 15) is 5.11 Å². The molecule has 1 fully saturated rings. The molecule has 2 nitrogen and oxygen atoms in total. The second-order valence-corrected chi connectivity index (χ2v) is 6.21. The summed E-state index contributed by atoms with van der Waals surface area (Å²) < 4.78 is 6.99. The molecule has 2 rings (SSSR count). The molecular weight excluding hydrogens is 292 g/mol. The van der Waals surface area contributed by atoms with Crippen LogP contribution in [-0.4, -0.2) is 18.3 Å². The van der Waals surface area contributed by atoms with Gasteiger partial charge in [0.2, 0.25) is 0 Å². The van der Waals surface area contributed by atoms with Crippen LogP contribution in [0.3, 0.4) is 0 Å². The third kappa shape index (κ3) is 3.07. The molecule has 0 spiro atoms. The molecule has 0 aliphatic heterocycles. The maximum Gasteiger partial charge on any atom is 0.137 e. The molecule has 18 heavy (non-hydrogen) atoms. The molecule has 1 aliphatic carbocycles. The Bertz CT molecular complexity index is 413. The third-order valence-corrected chi connectivity index (χ3v) is 4.30. The first-order chi connectivity index (χ1) is 8.61. The number of halogens is 1. The molecule has 1 N–H and O–H groups in total. The number of rotatable bonds is 5. The van der Waals surface area contributed by atoms with Gasteiger partial charge in [-0.1, -0.05) is 19.4 Å². The van der Waals surface area contributed by atoms with Gasteiger partial charge in [-0.25, -0.2) is 0 Å². The summed E-state index contributed by atoms with van der Waals surface area (Å²) in [5.41, 5.74) is 2.29. The van der Waals surface area contributed by atoms with E-state index in [4.69, 9.17) is 4.74 Å². The smallest absolute Gasteiger partial charge is 0.137 e. The van der Waals surface area contributed by atoms with E-state index >= 15 is 0 Å². The van der Waals surface area contributed by atoms with Crippen LogP contribution in [0.4, 0.5) is 0 Å². The van der Waals surface area contributed by atoms with Gasteiger partial charge in [-0.2, -0.15) is 0 Å². The third-order valence-electron chi connectivity index (χ3n) is 3.71. The maximum atomic E-state index is 9.36. The van der Waals surface area contributed by atoms with Crippen LogP contribution in [0.25, 0.3) is 0 Å². The number of aliphatic hydroxyl groups excluding tert-OH is 1. The number of hydrogen-bond donors (Lipinski definition) is 1. The average Bonchev–Trinajstić information content (AvgIpc) is 2.28. The average molecular weight is 313 g/mol. The Kier molecular flexibility index (Phi) is 4.68. The molecule has 1 aromatic carbocycles. The highest BCUT2D eigenvalue weighted by Crippen LogP contribution is 2.36. The van der Waals surface area contributed by atoms with E-state index in [1.807, 2.05) is 6.92 Å². The fraction of sp³-hybridized carbons (Fsp3) is 0.600. The Balaban J connectivity index is 2.19. The van der Waals surface area contributed by atoms with Gasteiger partial charge < -0.3 is 9.84 Å². The van der Waals surface area contributed by atoms with Crippen LogP contribution in [0.1, 0.15) is 43.2 Å². The van der Waals surface area contributed by atoms with Gasteiger partial charge >= 0.3 is 0 Å². The molecule has 0 radical (unpaired) electrons. The molecule has 1 unspecified atom stereocenters. The number of aliphatic hydroxyl groups is 1. The van der Waals surface area contributed by atoms with Gasteiger partial charge in [0.15, 0.2) is 0 Å². The second-order valence-electron chi connectivity index (χ2n) is 5.36. The van der Waals surface area contributed by atoms with Crippen LogP contribution < -0.4 is 4.74 Å². The van der Waals surface area contributed by atoms with Gasteiger partial charge in [-0.05, 0) is 53.2 Å². The zero-order chi connectivity index (χ0) is 13.1. The molecule has 100 valence electrons. The minimum atomic E-state index is 0.109. The number of aryl methyl sites for hydroxylation is 1. The van der Waals surface area contributed by atoms with Crippen molar-refractivity contribution in [1.82, 2.24) is 0 Å². The van der Waals surface area contributed by atoms with Crippen molar-refractivity contribution in [3.63, 3.8) is 0 Å². The van der Waals surface area contributed by atoms with E-state index in [2.05, 4.69) is 35.0 Å². The van der Waals surface area contributed by atoms with E-state index in [1.54, 1.807) is 0 Å². The number of hydrogen-bond acceptors (Lipinski definition) is 2. The van der Waals surface area contributed by atoms with Crippen LogP contribution in [0.2, 0.25) is 0 Å². The highest BCUT2D eigenvalue weighted by molar-refractivity contribution is 9.10. The van der Waals surface area contributed by atoms with Crippen LogP contribution in [0, 0.1) is 12.8 Å². The quantitative estimate of drug-likeness (QED) is 0.889. The lowest BCUT2D eigenvalue weighted by molar-refractivity contribution is 0.176. The van der Waals surface area contributed by atoms with Crippen molar-refractivity contribution in [2.75, 3.05) is 13.2 Å². The Morgan fingerprint density at radius 3 is 2.72 bits per heavy atom. The Morgan fingerprint density at radius 2 is 2.17 bits per heavy atom. The normalized spacial score (nSPS) is 17.3. The summed E-state index contributed by atoms with van der Waals surface area (Å²) >= 11 is 3.58. The zero-order valence-corrected chi connectivity index (χ0v) is 12.7. The summed E-state index contributed by atoms with van der Waals surface area (Å²) in [6, 6.07) is 4.19. The van der Waals surface area contributed by atoms with Gasteiger partial charge in [0.25, 0.3) is 0 Å². The van der Waals surface area contributed by atoms with Crippen LogP contribution >= 0.6 is 15.9 Å². The van der Waals surface area contributed by atoms with Crippen molar-refractivity contribution in [3.8, 4) is 5.75 Å². The largest absolute Gasteiger partial charge is 0.492 e. The van der Waals surface area contributed by atoms with Crippen molar-refractivity contribution in [2.45, 2.75) is 39.0 Å². The molecule has 1 aliphatic rings. The van der Waals surface area contributed by atoms with Crippen molar-refractivity contribution >= 4 is 15.9 Å². The minimum Gasteiger partial charge on any atom is -0.492 e. The highest BCUT2D eigenvalue weighted by Gasteiger charge is 2.20. The van der Waals surface area contributed by atoms with E-state index in [1.165, 1.54) is 24.8 Å². The summed E-state index contributed by atoms with van der Waals surface area (Å²) in [5.74, 6) is 1.74. The Hall–Kier alpha value is -0.540. The topological polar surface area (TPSA) is 29.5 Å².